The third-order valence-electron chi connectivity index (χ3n) is 0.246. The van der Waals surface area contributed by atoms with E-state index in [0.717, 1.165) is 0 Å². The maximum atomic E-state index is 10.1. The van der Waals surface area contributed by atoms with E-state index in [1.54, 1.807) is 0 Å². The Labute approximate surface area is 68.0 Å². The topological polar surface area (TPSA) is 43.4 Å². The Morgan fingerprint density at radius 1 is 1.44 bits per heavy atom. The van der Waals surface area contributed by atoms with E-state index in [1.165, 1.54) is 6.55 Å². The van der Waals surface area contributed by atoms with Crippen LogP contribution in [-0.4, -0.2) is 15.4 Å². The monoisotopic (exact) mass is 228 g/mol. The first-order valence-electron chi connectivity index (χ1n) is 1.74. The molecule has 3 nitrogen and oxygen atoms in total. The van der Waals surface area contributed by atoms with Gasteiger partial charge in [0.15, 0.2) is 0 Å². The summed E-state index contributed by atoms with van der Waals surface area (Å²) >= 11 is 10.5. The van der Waals surface area contributed by atoms with Gasteiger partial charge in [0, 0.05) is 10.7 Å². The largest absolute Gasteiger partial charge is 0.405 e. The molecule has 56 valence electrons. The molecular formula is CH3Cl3O3SSi. The van der Waals surface area contributed by atoms with E-state index < -0.39 is 16.3 Å². The van der Waals surface area contributed by atoms with E-state index in [-0.39, 0.29) is 0 Å². The standard InChI is InChI=1S/CH3Cl3O3SSi/c1-9(3,4)7-8(2,5)6/h1H3. The maximum absolute atomic E-state index is 10.1. The van der Waals surface area contributed by atoms with Gasteiger partial charge < -0.3 is 0 Å². The Hall–Kier alpha value is 0.997. The van der Waals surface area contributed by atoms with E-state index in [0.29, 0.717) is 0 Å². The molecule has 0 bridgehead atoms. The third-order valence-corrected chi connectivity index (χ3v) is 3.91. The predicted molar refractivity (Wildman–Crippen MR) is 39.2 cm³/mol. The lowest BCUT2D eigenvalue weighted by molar-refractivity contribution is 0.514. The molecule has 0 aromatic heterocycles. The summed E-state index contributed by atoms with van der Waals surface area (Å²) < 4.78 is 24.1. The minimum Gasteiger partial charge on any atom is -0.269 e. The van der Waals surface area contributed by atoms with Gasteiger partial charge in [0.1, 0.15) is 0 Å². The van der Waals surface area contributed by atoms with Crippen LogP contribution in [0.2, 0.25) is 6.55 Å². The van der Waals surface area contributed by atoms with Crippen LogP contribution in [0.15, 0.2) is 0 Å². The van der Waals surface area contributed by atoms with Crippen molar-refractivity contribution >= 4 is 49.1 Å². The van der Waals surface area contributed by atoms with Gasteiger partial charge in [-0.15, -0.1) is 22.2 Å². The molecule has 0 aliphatic rings. The van der Waals surface area contributed by atoms with Crippen LogP contribution < -0.4 is 0 Å². The summed E-state index contributed by atoms with van der Waals surface area (Å²) in [5.74, 6) is 0. The van der Waals surface area contributed by atoms with E-state index in [2.05, 4.69) is 14.6 Å². The molecule has 0 aliphatic heterocycles. The van der Waals surface area contributed by atoms with Crippen LogP contribution in [0.3, 0.4) is 0 Å². The van der Waals surface area contributed by atoms with Crippen molar-refractivity contribution in [3.05, 3.63) is 0 Å². The molecule has 0 fully saturated rings. The van der Waals surface area contributed by atoms with Gasteiger partial charge >= 0.3 is 16.3 Å². The average molecular weight is 230 g/mol. The molecule has 0 heterocycles. The molecule has 0 saturated heterocycles. The van der Waals surface area contributed by atoms with E-state index in [9.17, 15) is 8.42 Å². The number of rotatable bonds is 2. The fourth-order valence-corrected chi connectivity index (χ4v) is 4.78. The van der Waals surface area contributed by atoms with Crippen molar-refractivity contribution in [1.29, 1.82) is 0 Å². The van der Waals surface area contributed by atoms with Crippen LogP contribution in [0.1, 0.15) is 0 Å². The van der Waals surface area contributed by atoms with Crippen molar-refractivity contribution in [2.24, 2.45) is 0 Å². The first kappa shape index (κ1) is 10.00. The molecule has 0 aromatic carbocycles. The summed E-state index contributed by atoms with van der Waals surface area (Å²) in [6, 6.07) is 0. The van der Waals surface area contributed by atoms with E-state index in [4.69, 9.17) is 22.2 Å². The zero-order chi connectivity index (χ0) is 7.71. The summed E-state index contributed by atoms with van der Waals surface area (Å²) in [5.41, 5.74) is 0. The quantitative estimate of drug-likeness (QED) is 0.410. The molecule has 0 rings (SSSR count). The summed E-state index contributed by atoms with van der Waals surface area (Å²) in [4.78, 5) is 0. The van der Waals surface area contributed by atoms with Crippen LogP contribution >= 0.6 is 32.8 Å². The number of hydrogen-bond donors (Lipinski definition) is 0. The highest BCUT2D eigenvalue weighted by Gasteiger charge is 2.29. The Kier molecular flexibility index (Phi) is 3.26. The summed E-state index contributed by atoms with van der Waals surface area (Å²) in [5, 5.41) is 0. The first-order valence-corrected chi connectivity index (χ1v) is 8.40. The van der Waals surface area contributed by atoms with Crippen LogP contribution in [0.25, 0.3) is 0 Å². The van der Waals surface area contributed by atoms with Crippen molar-refractivity contribution in [2.75, 3.05) is 0 Å². The molecule has 9 heavy (non-hydrogen) atoms. The van der Waals surface area contributed by atoms with Crippen LogP contribution in [0.5, 0.6) is 0 Å². The highest BCUT2D eigenvalue weighted by atomic mass is 35.7. The number of hydrogen-bond acceptors (Lipinski definition) is 3. The molecule has 0 atom stereocenters. The molecule has 0 radical (unpaired) electrons. The molecule has 0 spiro atoms. The van der Waals surface area contributed by atoms with Gasteiger partial charge in [0.2, 0.25) is 0 Å². The second kappa shape index (κ2) is 2.94. The third kappa shape index (κ3) is 9.00. The first-order chi connectivity index (χ1) is 3.71. The van der Waals surface area contributed by atoms with Crippen molar-refractivity contribution < 1.29 is 12.3 Å². The molecule has 0 aromatic rings. The SMILES string of the molecule is C[Si](Cl)(Cl)OS(=O)(=O)Cl. The van der Waals surface area contributed by atoms with Crippen LogP contribution in [-0.2, 0) is 13.2 Å². The minimum atomic E-state index is -4.01. The number of halogens is 3. The molecule has 0 aliphatic carbocycles. The van der Waals surface area contributed by atoms with E-state index in [1.807, 2.05) is 0 Å². The summed E-state index contributed by atoms with van der Waals surface area (Å²) in [7, 11) is 0.622. The molecular weight excluding hydrogens is 227 g/mol. The Balaban J connectivity index is 4.07. The Morgan fingerprint density at radius 2 is 1.78 bits per heavy atom. The second-order valence-corrected chi connectivity index (χ2v) is 10.4. The molecule has 0 N–H and O–H groups in total. The van der Waals surface area contributed by atoms with E-state index >= 15 is 0 Å². The normalized spacial score (nSPS) is 13.8. The van der Waals surface area contributed by atoms with Crippen LogP contribution in [0, 0.1) is 0 Å². The van der Waals surface area contributed by atoms with Crippen molar-refractivity contribution in [3.8, 4) is 0 Å². The molecule has 8 heteroatoms. The summed E-state index contributed by atoms with van der Waals surface area (Å²) in [6.07, 6.45) is 0. The Bertz CT molecular complexity index is 180. The predicted octanol–water partition coefficient (Wildman–Crippen LogP) is 1.53. The minimum absolute atomic E-state index is 1.27. The molecule has 0 saturated carbocycles. The lowest BCUT2D eigenvalue weighted by Gasteiger charge is -2.05. The maximum Gasteiger partial charge on any atom is 0.405 e. The fraction of sp³-hybridized carbons (Fsp3) is 1.00. The van der Waals surface area contributed by atoms with Gasteiger partial charge in [-0.1, -0.05) is 0 Å². The molecule has 0 amide bonds. The van der Waals surface area contributed by atoms with Gasteiger partial charge in [-0.25, -0.2) is 0 Å². The summed E-state index contributed by atoms with van der Waals surface area (Å²) in [6.45, 7) is -1.79. The van der Waals surface area contributed by atoms with Gasteiger partial charge in [0.25, 0.3) is 0 Å². The van der Waals surface area contributed by atoms with Crippen LogP contribution in [0.4, 0.5) is 0 Å². The van der Waals surface area contributed by atoms with Gasteiger partial charge in [-0.05, 0) is 6.55 Å². The zero-order valence-corrected chi connectivity index (χ0v) is 8.35. The smallest absolute Gasteiger partial charge is 0.269 e. The van der Waals surface area contributed by atoms with Gasteiger partial charge in [0.05, 0.1) is 0 Å². The Morgan fingerprint density at radius 3 is 1.78 bits per heavy atom. The zero-order valence-electron chi connectivity index (χ0n) is 4.27. The van der Waals surface area contributed by atoms with Crippen molar-refractivity contribution in [2.45, 2.75) is 6.55 Å². The average Bonchev–Trinajstić information content (AvgIpc) is 1.14. The van der Waals surface area contributed by atoms with Crippen molar-refractivity contribution in [3.63, 3.8) is 0 Å². The second-order valence-electron chi connectivity index (χ2n) is 1.28. The van der Waals surface area contributed by atoms with Gasteiger partial charge in [-0.3, -0.25) is 3.87 Å². The fourth-order valence-electron chi connectivity index (χ4n) is 0.175. The lowest BCUT2D eigenvalue weighted by Crippen LogP contribution is -2.21. The highest BCUT2D eigenvalue weighted by Crippen LogP contribution is 2.19. The van der Waals surface area contributed by atoms with Crippen molar-refractivity contribution in [1.82, 2.24) is 0 Å². The van der Waals surface area contributed by atoms with Gasteiger partial charge in [-0.2, -0.15) is 8.42 Å². The molecule has 0 unspecified atom stereocenters. The lowest BCUT2D eigenvalue weighted by atomic mass is 11.9. The highest BCUT2D eigenvalue weighted by molar-refractivity contribution is 8.11.